The molecule has 0 bridgehead atoms. The van der Waals surface area contributed by atoms with Gasteiger partial charge in [-0.1, -0.05) is 18.6 Å². The molecule has 3 aliphatic heterocycles. The number of dihydropyridines is 1. The van der Waals surface area contributed by atoms with Gasteiger partial charge in [0.05, 0.1) is 0 Å². The van der Waals surface area contributed by atoms with Crippen LogP contribution in [0.2, 0.25) is 0 Å². The number of ether oxygens (including phenoxy) is 2. The Balaban J connectivity index is 1.78. The van der Waals surface area contributed by atoms with Crippen LogP contribution in [0.1, 0.15) is 33.1 Å². The quantitative estimate of drug-likeness (QED) is 0.796. The lowest BCUT2D eigenvalue weighted by atomic mass is 9.94. The molecule has 0 aromatic carbocycles. The Morgan fingerprint density at radius 3 is 2.84 bits per heavy atom. The molecule has 3 atom stereocenters. The monoisotopic (exact) mass is 264 g/mol. The fourth-order valence-corrected chi connectivity index (χ4v) is 3.15. The minimum absolute atomic E-state index is 0.00977. The van der Waals surface area contributed by atoms with Crippen LogP contribution in [-0.4, -0.2) is 37.1 Å². The van der Waals surface area contributed by atoms with Gasteiger partial charge in [0.2, 0.25) is 0 Å². The highest BCUT2D eigenvalue weighted by atomic mass is 16.8. The molecule has 3 aliphatic rings. The molecule has 3 heterocycles. The number of nitrogens with one attached hydrogen (secondary N) is 2. The Morgan fingerprint density at radius 2 is 2.16 bits per heavy atom. The smallest absolute Gasteiger partial charge is 0.164 e. The molecule has 2 N–H and O–H groups in total. The van der Waals surface area contributed by atoms with Gasteiger partial charge in [-0.05, 0) is 39.3 Å². The van der Waals surface area contributed by atoms with Gasteiger partial charge in [-0.2, -0.15) is 0 Å². The van der Waals surface area contributed by atoms with E-state index < -0.39 is 5.79 Å². The van der Waals surface area contributed by atoms with E-state index in [-0.39, 0.29) is 12.2 Å². The zero-order valence-corrected chi connectivity index (χ0v) is 11.8. The Kier molecular flexibility index (Phi) is 3.65. The van der Waals surface area contributed by atoms with Crippen LogP contribution in [0.3, 0.4) is 0 Å². The maximum atomic E-state index is 6.16. The van der Waals surface area contributed by atoms with Crippen molar-refractivity contribution in [1.82, 2.24) is 10.6 Å². The number of piperidine rings is 1. The van der Waals surface area contributed by atoms with Crippen molar-refractivity contribution in [3.8, 4) is 0 Å². The van der Waals surface area contributed by atoms with E-state index in [0.29, 0.717) is 6.04 Å². The number of hydrogen-bond acceptors (Lipinski definition) is 4. The van der Waals surface area contributed by atoms with Crippen LogP contribution in [0.25, 0.3) is 0 Å². The molecule has 0 aliphatic carbocycles. The van der Waals surface area contributed by atoms with Crippen molar-refractivity contribution in [1.29, 1.82) is 0 Å². The zero-order valence-electron chi connectivity index (χ0n) is 11.8. The minimum atomic E-state index is -0.502. The lowest BCUT2D eigenvalue weighted by Crippen LogP contribution is -2.49. The Morgan fingerprint density at radius 1 is 1.26 bits per heavy atom. The van der Waals surface area contributed by atoms with Crippen LogP contribution in [-0.2, 0) is 9.47 Å². The first-order valence-electron chi connectivity index (χ1n) is 7.35. The third kappa shape index (κ3) is 2.86. The van der Waals surface area contributed by atoms with E-state index in [1.54, 1.807) is 0 Å². The second-order valence-electron chi connectivity index (χ2n) is 6.01. The summed E-state index contributed by atoms with van der Waals surface area (Å²) in [6, 6.07) is 0.397. The molecule has 0 amide bonds. The summed E-state index contributed by atoms with van der Waals surface area (Å²) in [5, 5.41) is 7.00. The molecule has 0 aromatic heterocycles. The second-order valence-corrected chi connectivity index (χ2v) is 6.01. The number of hydrogen-bond donors (Lipinski definition) is 2. The zero-order chi connectivity index (χ0) is 13.3. The van der Waals surface area contributed by atoms with Crippen molar-refractivity contribution in [2.75, 3.05) is 13.1 Å². The summed E-state index contributed by atoms with van der Waals surface area (Å²) in [4.78, 5) is 0. The molecule has 2 saturated heterocycles. The molecule has 106 valence electrons. The SMILES string of the molecule is CC1(C)OC(C2=CC=CCN2)C(C2CCCCN2)O1. The van der Waals surface area contributed by atoms with Crippen LogP contribution >= 0.6 is 0 Å². The van der Waals surface area contributed by atoms with Gasteiger partial charge >= 0.3 is 0 Å². The molecule has 3 unspecified atom stereocenters. The summed E-state index contributed by atoms with van der Waals surface area (Å²) in [5.74, 6) is -0.502. The third-order valence-electron chi connectivity index (χ3n) is 4.02. The second kappa shape index (κ2) is 5.27. The van der Waals surface area contributed by atoms with Crippen LogP contribution in [0, 0.1) is 0 Å². The summed E-state index contributed by atoms with van der Waals surface area (Å²) < 4.78 is 12.3. The maximum absolute atomic E-state index is 6.16. The summed E-state index contributed by atoms with van der Waals surface area (Å²) >= 11 is 0. The third-order valence-corrected chi connectivity index (χ3v) is 4.02. The molecular formula is C15H24N2O2. The van der Waals surface area contributed by atoms with E-state index in [1.165, 1.54) is 19.3 Å². The van der Waals surface area contributed by atoms with E-state index >= 15 is 0 Å². The van der Waals surface area contributed by atoms with Crippen LogP contribution in [0.15, 0.2) is 23.9 Å². The van der Waals surface area contributed by atoms with Crippen LogP contribution < -0.4 is 10.6 Å². The predicted molar refractivity (Wildman–Crippen MR) is 74.7 cm³/mol. The van der Waals surface area contributed by atoms with E-state index in [4.69, 9.17) is 9.47 Å². The summed E-state index contributed by atoms with van der Waals surface area (Å²) in [6.45, 7) is 5.96. The molecular weight excluding hydrogens is 240 g/mol. The molecule has 0 aromatic rings. The summed E-state index contributed by atoms with van der Waals surface area (Å²) in [6.07, 6.45) is 10.1. The fourth-order valence-electron chi connectivity index (χ4n) is 3.15. The minimum Gasteiger partial charge on any atom is -0.383 e. The van der Waals surface area contributed by atoms with Gasteiger partial charge in [0.1, 0.15) is 12.2 Å². The van der Waals surface area contributed by atoms with Crippen molar-refractivity contribution >= 4 is 0 Å². The first-order valence-corrected chi connectivity index (χ1v) is 7.35. The highest BCUT2D eigenvalue weighted by Gasteiger charge is 2.46. The largest absolute Gasteiger partial charge is 0.383 e. The maximum Gasteiger partial charge on any atom is 0.164 e. The predicted octanol–water partition coefficient (Wildman–Crippen LogP) is 1.69. The first-order chi connectivity index (χ1) is 9.16. The van der Waals surface area contributed by atoms with Gasteiger partial charge in [-0.15, -0.1) is 0 Å². The van der Waals surface area contributed by atoms with Crippen molar-refractivity contribution in [3.63, 3.8) is 0 Å². The topological polar surface area (TPSA) is 42.5 Å². The molecule has 4 heteroatoms. The molecule has 0 radical (unpaired) electrons. The van der Waals surface area contributed by atoms with Gasteiger partial charge in [-0.25, -0.2) is 0 Å². The van der Waals surface area contributed by atoms with Gasteiger partial charge in [0.15, 0.2) is 5.79 Å². The Hall–Kier alpha value is -0.840. The number of rotatable bonds is 2. The molecule has 4 nitrogen and oxygen atoms in total. The lowest BCUT2D eigenvalue weighted by molar-refractivity contribution is -0.147. The van der Waals surface area contributed by atoms with Crippen LogP contribution in [0.5, 0.6) is 0 Å². The normalized spacial score (nSPS) is 37.8. The van der Waals surface area contributed by atoms with E-state index in [0.717, 1.165) is 18.8 Å². The Bertz CT molecular complexity index is 384. The highest BCUT2D eigenvalue weighted by molar-refractivity contribution is 5.23. The summed E-state index contributed by atoms with van der Waals surface area (Å²) in [7, 11) is 0. The summed E-state index contributed by atoms with van der Waals surface area (Å²) in [5.41, 5.74) is 1.14. The van der Waals surface area contributed by atoms with Gasteiger partial charge in [-0.3, -0.25) is 0 Å². The van der Waals surface area contributed by atoms with Gasteiger partial charge in [0.25, 0.3) is 0 Å². The van der Waals surface area contributed by atoms with E-state index in [2.05, 4.69) is 28.9 Å². The molecule has 2 fully saturated rings. The molecule has 0 saturated carbocycles. The van der Waals surface area contributed by atoms with E-state index in [9.17, 15) is 0 Å². The highest BCUT2D eigenvalue weighted by Crippen LogP contribution is 2.35. The lowest BCUT2D eigenvalue weighted by Gasteiger charge is -2.32. The standard InChI is InChI=1S/C15H24N2O2/c1-15(2)18-13(11-7-3-5-9-16-11)14(19-15)12-8-4-6-10-17-12/h3,5,7,12-14,16-17H,4,6,8-10H2,1-2H3. The van der Waals surface area contributed by atoms with Crippen LogP contribution in [0.4, 0.5) is 0 Å². The average molecular weight is 264 g/mol. The van der Waals surface area contributed by atoms with Gasteiger partial charge < -0.3 is 20.1 Å². The molecule has 0 spiro atoms. The fraction of sp³-hybridized carbons (Fsp3) is 0.733. The van der Waals surface area contributed by atoms with Crippen molar-refractivity contribution in [2.24, 2.45) is 0 Å². The van der Waals surface area contributed by atoms with Gasteiger partial charge in [0, 0.05) is 18.3 Å². The van der Waals surface area contributed by atoms with Crippen molar-refractivity contribution in [3.05, 3.63) is 23.9 Å². The van der Waals surface area contributed by atoms with Crippen molar-refractivity contribution < 1.29 is 9.47 Å². The Labute approximate surface area is 115 Å². The molecule has 3 rings (SSSR count). The average Bonchev–Trinajstić information content (AvgIpc) is 2.77. The first kappa shape index (κ1) is 13.2. The molecule has 19 heavy (non-hydrogen) atoms. The van der Waals surface area contributed by atoms with Crippen molar-refractivity contribution in [2.45, 2.75) is 57.1 Å². The number of allylic oxidation sites excluding steroid dienone is 2. The van der Waals surface area contributed by atoms with E-state index in [1.807, 2.05) is 13.8 Å².